The van der Waals surface area contributed by atoms with Gasteiger partial charge in [-0.1, -0.05) is 48.2 Å². The van der Waals surface area contributed by atoms with Crippen LogP contribution < -0.4 is 0 Å². The zero-order valence-electron chi connectivity index (χ0n) is 9.95. The summed E-state index contributed by atoms with van der Waals surface area (Å²) in [7, 11) is 0. The van der Waals surface area contributed by atoms with Gasteiger partial charge in [-0.2, -0.15) is 0 Å². The number of aryl methyl sites for hydroxylation is 1. The number of nitrogens with one attached hydrogen (secondary N) is 1. The van der Waals surface area contributed by atoms with Crippen molar-refractivity contribution in [3.05, 3.63) is 53.0 Å². The van der Waals surface area contributed by atoms with Gasteiger partial charge in [0.2, 0.25) is 0 Å². The van der Waals surface area contributed by atoms with E-state index in [0.717, 1.165) is 0 Å². The van der Waals surface area contributed by atoms with E-state index in [-0.39, 0.29) is 0 Å². The molecule has 0 saturated carbocycles. The Balaban J connectivity index is 2.74. The first-order chi connectivity index (χ1) is 7.61. The summed E-state index contributed by atoms with van der Waals surface area (Å²) in [5.74, 6) is 0. The molecule has 0 heterocycles. The summed E-state index contributed by atoms with van der Waals surface area (Å²) in [6.07, 6.45) is 4.07. The fourth-order valence-electron chi connectivity index (χ4n) is 1.43. The van der Waals surface area contributed by atoms with Crippen molar-refractivity contribution >= 4 is 22.4 Å². The van der Waals surface area contributed by atoms with Crippen LogP contribution in [0.15, 0.2) is 41.8 Å². The highest BCUT2D eigenvalue weighted by Gasteiger charge is 1.96. The summed E-state index contributed by atoms with van der Waals surface area (Å²) in [6, 6.07) is 8.35. The molecular weight excluding hydrogens is 214 g/mol. The van der Waals surface area contributed by atoms with Crippen LogP contribution in [0.3, 0.4) is 0 Å². The second-order valence-electron chi connectivity index (χ2n) is 3.67. The van der Waals surface area contributed by atoms with Crippen molar-refractivity contribution in [1.82, 2.24) is 0 Å². The summed E-state index contributed by atoms with van der Waals surface area (Å²) in [6.45, 7) is 6.01. The summed E-state index contributed by atoms with van der Waals surface area (Å²) in [4.78, 5) is 0. The maximum Gasteiger partial charge on any atom is 0.0652 e. The monoisotopic (exact) mass is 231 g/mol. The fourth-order valence-corrected chi connectivity index (χ4v) is 1.79. The Morgan fingerprint density at radius 2 is 1.94 bits per heavy atom. The van der Waals surface area contributed by atoms with Crippen LogP contribution in [0.4, 0.5) is 0 Å². The first-order valence-electron chi connectivity index (χ1n) is 5.22. The molecule has 2 heteroatoms. The van der Waals surface area contributed by atoms with Gasteiger partial charge in [0.05, 0.1) is 5.04 Å². The fraction of sp³-hybridized carbons (Fsp3) is 0.214. The van der Waals surface area contributed by atoms with E-state index in [1.54, 1.807) is 6.92 Å². The van der Waals surface area contributed by atoms with E-state index >= 15 is 0 Å². The van der Waals surface area contributed by atoms with Gasteiger partial charge in [0.25, 0.3) is 0 Å². The second kappa shape index (κ2) is 6.33. The van der Waals surface area contributed by atoms with Crippen molar-refractivity contribution in [3.8, 4) is 0 Å². The molecule has 0 spiro atoms. The summed E-state index contributed by atoms with van der Waals surface area (Å²) >= 11 is 1.43. The third-order valence-electron chi connectivity index (χ3n) is 2.24. The average molecular weight is 231 g/mol. The smallest absolute Gasteiger partial charge is 0.0652 e. The van der Waals surface area contributed by atoms with Crippen LogP contribution in [-0.2, 0) is 0 Å². The molecule has 0 aromatic heterocycles. The minimum Gasteiger partial charge on any atom is -0.298 e. The highest BCUT2D eigenvalue weighted by molar-refractivity contribution is 8.16. The van der Waals surface area contributed by atoms with Gasteiger partial charge < -0.3 is 0 Å². The molecule has 0 aliphatic heterocycles. The van der Waals surface area contributed by atoms with Gasteiger partial charge in [0.15, 0.2) is 0 Å². The molecule has 84 valence electrons. The molecule has 1 N–H and O–H groups in total. The van der Waals surface area contributed by atoms with Crippen LogP contribution in [-0.4, -0.2) is 5.04 Å². The average Bonchev–Trinajstić information content (AvgIpc) is 2.24. The van der Waals surface area contributed by atoms with Crippen LogP contribution in [0.1, 0.15) is 25.0 Å². The predicted molar refractivity (Wildman–Crippen MR) is 75.0 cm³/mol. The van der Waals surface area contributed by atoms with Gasteiger partial charge in [0, 0.05) is 0 Å². The summed E-state index contributed by atoms with van der Waals surface area (Å²) < 4.78 is 0. The van der Waals surface area contributed by atoms with Gasteiger partial charge in [-0.3, -0.25) is 5.41 Å². The van der Waals surface area contributed by atoms with Crippen LogP contribution in [0, 0.1) is 12.3 Å². The van der Waals surface area contributed by atoms with Gasteiger partial charge in [-0.25, -0.2) is 0 Å². The van der Waals surface area contributed by atoms with E-state index < -0.39 is 0 Å². The van der Waals surface area contributed by atoms with Crippen LogP contribution in [0.5, 0.6) is 0 Å². The molecule has 0 amide bonds. The molecule has 0 atom stereocenters. The third kappa shape index (κ3) is 4.07. The molecule has 1 nitrogen and oxygen atoms in total. The predicted octanol–water partition coefficient (Wildman–Crippen LogP) is 4.64. The van der Waals surface area contributed by atoms with Crippen LogP contribution >= 0.6 is 11.8 Å². The van der Waals surface area contributed by atoms with Crippen molar-refractivity contribution in [3.63, 3.8) is 0 Å². The maximum absolute atomic E-state index is 7.27. The minimum atomic E-state index is 0.609. The Morgan fingerprint density at radius 1 is 1.25 bits per heavy atom. The molecular formula is C14H17NS. The van der Waals surface area contributed by atoms with E-state index in [1.807, 2.05) is 11.5 Å². The van der Waals surface area contributed by atoms with Crippen molar-refractivity contribution in [2.75, 3.05) is 0 Å². The van der Waals surface area contributed by atoms with Crippen molar-refractivity contribution in [2.45, 2.75) is 20.8 Å². The Labute approximate surface area is 102 Å². The molecule has 0 fully saturated rings. The lowest BCUT2D eigenvalue weighted by Crippen LogP contribution is -1.83. The molecule has 1 aromatic carbocycles. The lowest BCUT2D eigenvalue weighted by Gasteiger charge is -2.04. The van der Waals surface area contributed by atoms with Crippen molar-refractivity contribution in [2.24, 2.45) is 0 Å². The first-order valence-corrected chi connectivity index (χ1v) is 6.10. The topological polar surface area (TPSA) is 23.9 Å². The number of hydrogen-bond donors (Lipinski definition) is 1. The molecule has 0 aliphatic carbocycles. The highest BCUT2D eigenvalue weighted by atomic mass is 32.2. The van der Waals surface area contributed by atoms with Crippen LogP contribution in [0.25, 0.3) is 5.57 Å². The number of thioether (sulfide) groups is 1. The molecule has 0 unspecified atom stereocenters. The number of allylic oxidation sites excluding steroid dienone is 3. The third-order valence-corrected chi connectivity index (χ3v) is 2.89. The molecule has 0 saturated heterocycles. The lowest BCUT2D eigenvalue weighted by molar-refractivity contribution is 1.41. The lowest BCUT2D eigenvalue weighted by atomic mass is 10.0. The molecule has 1 rings (SSSR count). The molecule has 0 aliphatic rings. The SMILES string of the molecule is CC(=N)S/C=C\C=C(\C)c1ccccc1C. The summed E-state index contributed by atoms with van der Waals surface area (Å²) in [5.41, 5.74) is 3.82. The van der Waals surface area contributed by atoms with E-state index in [1.165, 1.54) is 28.5 Å². The van der Waals surface area contributed by atoms with Gasteiger partial charge in [-0.15, -0.1) is 0 Å². The van der Waals surface area contributed by atoms with E-state index in [9.17, 15) is 0 Å². The first kappa shape index (κ1) is 12.8. The van der Waals surface area contributed by atoms with E-state index in [2.05, 4.69) is 44.2 Å². The van der Waals surface area contributed by atoms with Crippen molar-refractivity contribution in [1.29, 1.82) is 5.41 Å². The Morgan fingerprint density at radius 3 is 2.56 bits per heavy atom. The van der Waals surface area contributed by atoms with E-state index in [4.69, 9.17) is 5.41 Å². The summed E-state index contributed by atoms with van der Waals surface area (Å²) in [5, 5.41) is 9.81. The number of hydrogen-bond acceptors (Lipinski definition) is 2. The van der Waals surface area contributed by atoms with E-state index in [0.29, 0.717) is 5.04 Å². The maximum atomic E-state index is 7.27. The highest BCUT2D eigenvalue weighted by Crippen LogP contribution is 2.18. The second-order valence-corrected chi connectivity index (χ2v) is 4.79. The number of benzene rings is 1. The minimum absolute atomic E-state index is 0.609. The Hall–Kier alpha value is -1.28. The molecule has 16 heavy (non-hydrogen) atoms. The van der Waals surface area contributed by atoms with Gasteiger partial charge in [-0.05, 0) is 42.9 Å². The molecule has 1 aromatic rings. The number of rotatable bonds is 3. The molecule has 0 bridgehead atoms. The van der Waals surface area contributed by atoms with Crippen LogP contribution in [0.2, 0.25) is 0 Å². The van der Waals surface area contributed by atoms with Gasteiger partial charge in [0.1, 0.15) is 0 Å². The normalized spacial score (nSPS) is 12.1. The molecule has 0 radical (unpaired) electrons. The standard InChI is InChI=1S/C14H17NS/c1-11-7-4-5-9-14(11)12(2)8-6-10-16-13(3)15/h4-10,15H,1-3H3/b10-6-,12-8-,15-13?. The van der Waals surface area contributed by atoms with Gasteiger partial charge >= 0.3 is 0 Å². The largest absolute Gasteiger partial charge is 0.298 e. The zero-order valence-corrected chi connectivity index (χ0v) is 10.8. The quantitative estimate of drug-likeness (QED) is 0.457. The Bertz CT molecular complexity index is 430. The zero-order chi connectivity index (χ0) is 12.0. The van der Waals surface area contributed by atoms with Crippen molar-refractivity contribution < 1.29 is 0 Å². The Kier molecular flexibility index (Phi) is 5.06.